The first kappa shape index (κ1) is 15.3. The van der Waals surface area contributed by atoms with Crippen LogP contribution in [0.4, 0.5) is 5.69 Å². The third-order valence-corrected chi connectivity index (χ3v) is 5.34. The van der Waals surface area contributed by atoms with Crippen molar-refractivity contribution in [3.8, 4) is 0 Å². The second kappa shape index (κ2) is 6.58. The minimum Gasteiger partial charge on any atom is -0.337 e. The van der Waals surface area contributed by atoms with Gasteiger partial charge in [-0.05, 0) is 28.4 Å². The van der Waals surface area contributed by atoms with Crippen LogP contribution in [-0.2, 0) is 0 Å². The molecule has 0 aromatic heterocycles. The second-order valence-corrected chi connectivity index (χ2v) is 6.84. The van der Waals surface area contributed by atoms with Gasteiger partial charge in [-0.15, -0.1) is 0 Å². The molecule has 1 atom stereocenters. The number of non-ortho nitro benzene ring substituents is 1. The Bertz CT molecular complexity index is 538. The maximum Gasteiger partial charge on any atom is 0.270 e. The second-order valence-electron chi connectivity index (χ2n) is 4.57. The molecule has 0 aliphatic carbocycles. The molecule has 1 unspecified atom stereocenters. The molecule has 7 heteroatoms. The van der Waals surface area contributed by atoms with E-state index in [1.54, 1.807) is 11.0 Å². The minimum atomic E-state index is -0.482. The highest BCUT2D eigenvalue weighted by atomic mass is 79.9. The highest BCUT2D eigenvalue weighted by molar-refractivity contribution is 9.10. The smallest absolute Gasteiger partial charge is 0.270 e. The van der Waals surface area contributed by atoms with E-state index in [9.17, 15) is 14.9 Å². The lowest BCUT2D eigenvalue weighted by Crippen LogP contribution is -2.41. The number of hydrogen-bond acceptors (Lipinski definition) is 4. The lowest BCUT2D eigenvalue weighted by molar-refractivity contribution is -0.384. The van der Waals surface area contributed by atoms with E-state index in [2.05, 4.69) is 22.9 Å². The quantitative estimate of drug-likeness (QED) is 0.614. The van der Waals surface area contributed by atoms with Gasteiger partial charge >= 0.3 is 0 Å². The lowest BCUT2D eigenvalue weighted by atomic mass is 10.1. The Morgan fingerprint density at radius 2 is 2.35 bits per heavy atom. The maximum absolute atomic E-state index is 12.5. The number of thioether (sulfide) groups is 1. The number of rotatable bonds is 3. The van der Waals surface area contributed by atoms with E-state index in [4.69, 9.17) is 0 Å². The van der Waals surface area contributed by atoms with Crippen molar-refractivity contribution < 1.29 is 9.72 Å². The topological polar surface area (TPSA) is 63.5 Å². The van der Waals surface area contributed by atoms with Gasteiger partial charge in [0, 0.05) is 40.7 Å². The summed E-state index contributed by atoms with van der Waals surface area (Å²) in [5, 5.41) is 11.3. The molecule has 0 saturated carbocycles. The van der Waals surface area contributed by atoms with Crippen molar-refractivity contribution in [2.24, 2.45) is 0 Å². The van der Waals surface area contributed by atoms with E-state index in [0.29, 0.717) is 28.4 Å². The van der Waals surface area contributed by atoms with E-state index in [1.165, 1.54) is 12.1 Å². The zero-order chi connectivity index (χ0) is 14.7. The van der Waals surface area contributed by atoms with Gasteiger partial charge < -0.3 is 4.90 Å². The molecule has 1 amide bonds. The lowest BCUT2D eigenvalue weighted by Gasteiger charge is -2.32. The first-order valence-electron chi connectivity index (χ1n) is 6.37. The fourth-order valence-corrected chi connectivity index (χ4v) is 3.71. The highest BCUT2D eigenvalue weighted by Gasteiger charge is 2.26. The molecule has 0 spiro atoms. The molecule has 1 aromatic carbocycles. The van der Waals surface area contributed by atoms with Gasteiger partial charge in [0.05, 0.1) is 10.5 Å². The molecule has 1 aliphatic rings. The molecular formula is C13H15BrN2O3S. The maximum atomic E-state index is 12.5. The van der Waals surface area contributed by atoms with E-state index in [1.807, 2.05) is 11.8 Å². The number of nitro groups is 1. The van der Waals surface area contributed by atoms with Gasteiger partial charge in [-0.25, -0.2) is 0 Å². The van der Waals surface area contributed by atoms with E-state index < -0.39 is 4.92 Å². The van der Waals surface area contributed by atoms with Crippen molar-refractivity contribution >= 4 is 39.3 Å². The molecule has 0 N–H and O–H groups in total. The summed E-state index contributed by atoms with van der Waals surface area (Å²) in [5.74, 6) is 0.774. The Morgan fingerprint density at radius 1 is 1.60 bits per heavy atom. The van der Waals surface area contributed by atoms with E-state index >= 15 is 0 Å². The fraction of sp³-hybridized carbons (Fsp3) is 0.462. The van der Waals surface area contributed by atoms with Crippen molar-refractivity contribution in [1.29, 1.82) is 0 Å². The fourth-order valence-electron chi connectivity index (χ4n) is 2.11. The predicted octanol–water partition coefficient (Wildman–Crippen LogP) is 3.32. The summed E-state index contributed by atoms with van der Waals surface area (Å²) in [7, 11) is 0. The summed E-state index contributed by atoms with van der Waals surface area (Å²) < 4.78 is 0.597. The molecule has 108 valence electrons. The summed E-state index contributed by atoms with van der Waals surface area (Å²) in [5.41, 5.74) is 0.302. The molecule has 1 fully saturated rings. The van der Waals surface area contributed by atoms with Gasteiger partial charge in [0.2, 0.25) is 0 Å². The van der Waals surface area contributed by atoms with Crippen molar-refractivity contribution in [3.63, 3.8) is 0 Å². The van der Waals surface area contributed by atoms with Crippen LogP contribution in [0.5, 0.6) is 0 Å². The molecule has 1 aliphatic heterocycles. The van der Waals surface area contributed by atoms with Crippen molar-refractivity contribution in [3.05, 3.63) is 38.3 Å². The van der Waals surface area contributed by atoms with Crippen LogP contribution in [0.3, 0.4) is 0 Å². The largest absolute Gasteiger partial charge is 0.337 e. The van der Waals surface area contributed by atoms with Gasteiger partial charge in [-0.1, -0.05) is 6.92 Å². The van der Waals surface area contributed by atoms with Crippen LogP contribution in [-0.4, -0.2) is 39.8 Å². The summed E-state index contributed by atoms with van der Waals surface area (Å²) in [6, 6.07) is 4.29. The number of halogens is 1. The number of nitro benzene ring substituents is 1. The molecule has 1 saturated heterocycles. The van der Waals surface area contributed by atoms with Crippen LogP contribution in [0.25, 0.3) is 0 Å². The molecule has 0 bridgehead atoms. The highest BCUT2D eigenvalue weighted by Crippen LogP contribution is 2.27. The van der Waals surface area contributed by atoms with Crippen LogP contribution in [0.15, 0.2) is 22.7 Å². The van der Waals surface area contributed by atoms with E-state index in [-0.39, 0.29) is 11.6 Å². The summed E-state index contributed by atoms with van der Waals surface area (Å²) in [6.45, 7) is 3.50. The number of hydrogen-bond donors (Lipinski definition) is 0. The Kier molecular flexibility index (Phi) is 5.04. The minimum absolute atomic E-state index is 0.0602. The molecule has 1 heterocycles. The number of carbonyl (C=O) groups excluding carboxylic acids is 1. The summed E-state index contributed by atoms with van der Waals surface area (Å²) in [6.07, 6.45) is 1.02. The van der Waals surface area contributed by atoms with Gasteiger partial charge in [0.15, 0.2) is 0 Å². The Hall–Kier alpha value is -1.08. The molecule has 20 heavy (non-hydrogen) atoms. The first-order chi connectivity index (χ1) is 9.52. The monoisotopic (exact) mass is 358 g/mol. The third kappa shape index (κ3) is 3.32. The predicted molar refractivity (Wildman–Crippen MR) is 83.2 cm³/mol. The van der Waals surface area contributed by atoms with Crippen molar-refractivity contribution in [2.75, 3.05) is 18.8 Å². The van der Waals surface area contributed by atoms with Crippen molar-refractivity contribution in [2.45, 2.75) is 18.6 Å². The van der Waals surface area contributed by atoms with Gasteiger partial charge in [0.1, 0.15) is 0 Å². The summed E-state index contributed by atoms with van der Waals surface area (Å²) in [4.78, 5) is 24.6. The van der Waals surface area contributed by atoms with Gasteiger partial charge in [0.25, 0.3) is 11.6 Å². The molecular weight excluding hydrogens is 344 g/mol. The average Bonchev–Trinajstić information content (AvgIpc) is 2.46. The van der Waals surface area contributed by atoms with Crippen LogP contribution in [0.1, 0.15) is 23.7 Å². The van der Waals surface area contributed by atoms with Crippen LogP contribution in [0.2, 0.25) is 0 Å². The van der Waals surface area contributed by atoms with Gasteiger partial charge in [-0.2, -0.15) is 11.8 Å². The standard InChI is InChI=1S/C13H15BrN2O3S/c1-2-10-8-15(5-6-20-10)13(17)11-7-9(16(18)19)3-4-12(11)14/h3-4,7,10H,2,5-6,8H2,1H3. The third-order valence-electron chi connectivity index (χ3n) is 3.27. The number of carbonyl (C=O) groups is 1. The van der Waals surface area contributed by atoms with Crippen LogP contribution in [0, 0.1) is 10.1 Å². The molecule has 5 nitrogen and oxygen atoms in total. The summed E-state index contributed by atoms with van der Waals surface area (Å²) >= 11 is 5.18. The Morgan fingerprint density at radius 3 is 3.00 bits per heavy atom. The van der Waals surface area contributed by atoms with Crippen molar-refractivity contribution in [1.82, 2.24) is 4.90 Å². The van der Waals surface area contributed by atoms with E-state index in [0.717, 1.165) is 12.2 Å². The average molecular weight is 359 g/mol. The molecule has 0 radical (unpaired) electrons. The van der Waals surface area contributed by atoms with Gasteiger partial charge in [-0.3, -0.25) is 14.9 Å². The Labute approximate surface area is 130 Å². The number of benzene rings is 1. The normalized spacial score (nSPS) is 18.9. The number of amides is 1. The Balaban J connectivity index is 2.24. The molecule has 2 rings (SSSR count). The zero-order valence-electron chi connectivity index (χ0n) is 11.0. The SMILES string of the molecule is CCC1CN(C(=O)c2cc([N+](=O)[O-])ccc2Br)CCS1. The first-order valence-corrected chi connectivity index (χ1v) is 8.22. The zero-order valence-corrected chi connectivity index (χ0v) is 13.4. The van der Waals surface area contributed by atoms with Crippen LogP contribution >= 0.6 is 27.7 Å². The van der Waals surface area contributed by atoms with Crippen LogP contribution < -0.4 is 0 Å². The number of nitrogens with zero attached hydrogens (tertiary/aromatic N) is 2. The molecule has 1 aromatic rings.